The topological polar surface area (TPSA) is 104 Å². The lowest BCUT2D eigenvalue weighted by atomic mass is 10.1. The highest BCUT2D eigenvalue weighted by Crippen LogP contribution is 2.29. The molecule has 1 atom stereocenters. The van der Waals surface area contributed by atoms with Crippen molar-refractivity contribution in [2.75, 3.05) is 27.2 Å². The second-order valence-corrected chi connectivity index (χ2v) is 10.0. The number of nitrogens with one attached hydrogen (secondary N) is 1. The first kappa shape index (κ1) is 27.5. The number of ether oxygens (including phenoxy) is 1. The number of amides is 1. The van der Waals surface area contributed by atoms with E-state index in [-0.39, 0.29) is 18.9 Å². The van der Waals surface area contributed by atoms with E-state index in [9.17, 15) is 14.4 Å². The molecule has 0 saturated carbocycles. The van der Waals surface area contributed by atoms with Crippen LogP contribution in [0.25, 0.3) is 0 Å². The molecule has 2 heterocycles. The molecule has 194 valence electrons. The Bertz CT molecular complexity index is 1060. The van der Waals surface area contributed by atoms with Gasteiger partial charge in [0, 0.05) is 38.1 Å². The van der Waals surface area contributed by atoms with E-state index >= 15 is 0 Å². The number of hydrogen-bond donors (Lipinski definition) is 1. The molecule has 1 saturated heterocycles. The molecule has 36 heavy (non-hydrogen) atoms. The molecular formula is C26H35N5O4S. The molecule has 1 aromatic carbocycles. The van der Waals surface area contributed by atoms with Gasteiger partial charge in [0.2, 0.25) is 5.91 Å². The highest BCUT2D eigenvalue weighted by atomic mass is 32.1. The van der Waals surface area contributed by atoms with Gasteiger partial charge >= 0.3 is 0 Å². The highest BCUT2D eigenvalue weighted by molar-refractivity contribution is 7.11. The van der Waals surface area contributed by atoms with Crippen LogP contribution in [0.1, 0.15) is 59.3 Å². The lowest BCUT2D eigenvalue weighted by Gasteiger charge is -2.25. The Hall–Kier alpha value is -3.11. The van der Waals surface area contributed by atoms with E-state index in [1.807, 2.05) is 6.20 Å². The highest BCUT2D eigenvalue weighted by Gasteiger charge is 2.18. The molecule has 1 amide bonds. The zero-order chi connectivity index (χ0) is 25.9. The SMILES string of the molecule is CNC(=O)CCC(C=O)N(C)C(C)=Nc1cccc(OCc2ncc(CN3CCCCC3)s2)c1C=O. The number of likely N-dealkylation sites (tertiary alicyclic amines) is 1. The van der Waals surface area contributed by atoms with Crippen molar-refractivity contribution >= 4 is 41.3 Å². The number of piperidine rings is 1. The van der Waals surface area contributed by atoms with Crippen molar-refractivity contribution in [3.05, 3.63) is 39.8 Å². The van der Waals surface area contributed by atoms with E-state index in [0.717, 1.165) is 37.2 Å². The van der Waals surface area contributed by atoms with Crippen molar-refractivity contribution in [3.63, 3.8) is 0 Å². The first-order chi connectivity index (χ1) is 17.4. The second-order valence-electron chi connectivity index (χ2n) is 8.84. The van der Waals surface area contributed by atoms with E-state index in [0.29, 0.717) is 29.3 Å². The van der Waals surface area contributed by atoms with Crippen molar-refractivity contribution in [2.45, 2.75) is 58.2 Å². The van der Waals surface area contributed by atoms with Gasteiger partial charge in [0.15, 0.2) is 6.29 Å². The summed E-state index contributed by atoms with van der Waals surface area (Å²) in [6.07, 6.45) is 7.86. The zero-order valence-corrected chi connectivity index (χ0v) is 22.1. The van der Waals surface area contributed by atoms with Gasteiger partial charge < -0.3 is 19.7 Å². The quantitative estimate of drug-likeness (QED) is 0.263. The molecule has 1 fully saturated rings. The number of amidine groups is 1. The normalized spacial score (nSPS) is 15.2. The van der Waals surface area contributed by atoms with Crippen molar-refractivity contribution in [3.8, 4) is 5.75 Å². The fraction of sp³-hybridized carbons (Fsp3) is 0.500. The summed E-state index contributed by atoms with van der Waals surface area (Å²) in [7, 11) is 3.31. The number of aromatic nitrogens is 1. The van der Waals surface area contributed by atoms with Crippen LogP contribution in [0.5, 0.6) is 5.75 Å². The molecule has 9 nitrogen and oxygen atoms in total. The van der Waals surface area contributed by atoms with Gasteiger partial charge in [-0.3, -0.25) is 14.5 Å². The van der Waals surface area contributed by atoms with Crippen LogP contribution < -0.4 is 10.1 Å². The Balaban J connectivity index is 1.66. The van der Waals surface area contributed by atoms with Crippen molar-refractivity contribution in [1.29, 1.82) is 0 Å². The molecular weight excluding hydrogens is 478 g/mol. The number of carbonyl (C=O) groups is 3. The summed E-state index contributed by atoms with van der Waals surface area (Å²) in [6, 6.07) is 4.74. The minimum atomic E-state index is -0.505. The molecule has 0 radical (unpaired) electrons. The number of likely N-dealkylation sites (N-methyl/N-ethyl adjacent to an activating group) is 1. The number of nitrogens with zero attached hydrogens (tertiary/aromatic N) is 4. The average Bonchev–Trinajstić information content (AvgIpc) is 3.35. The summed E-state index contributed by atoms with van der Waals surface area (Å²) in [5.74, 6) is 0.851. The largest absolute Gasteiger partial charge is 0.486 e. The first-order valence-corrected chi connectivity index (χ1v) is 13.1. The fourth-order valence-corrected chi connectivity index (χ4v) is 4.97. The summed E-state index contributed by atoms with van der Waals surface area (Å²) in [6.45, 7) is 5.22. The summed E-state index contributed by atoms with van der Waals surface area (Å²) in [4.78, 5) is 49.6. The molecule has 1 unspecified atom stereocenters. The summed E-state index contributed by atoms with van der Waals surface area (Å²) in [5, 5.41) is 3.41. The Labute approximate surface area is 216 Å². The first-order valence-electron chi connectivity index (χ1n) is 12.3. The number of thiazole rings is 1. The zero-order valence-electron chi connectivity index (χ0n) is 21.2. The van der Waals surface area contributed by atoms with Gasteiger partial charge in [-0.2, -0.15) is 0 Å². The minimum absolute atomic E-state index is 0.128. The number of carbonyl (C=O) groups excluding carboxylic acids is 3. The number of aldehydes is 2. The van der Waals surface area contributed by atoms with Gasteiger partial charge in [0.05, 0.1) is 17.3 Å². The lowest BCUT2D eigenvalue weighted by molar-refractivity contribution is -0.121. The van der Waals surface area contributed by atoms with Crippen LogP contribution in [-0.4, -0.2) is 72.3 Å². The van der Waals surface area contributed by atoms with Crippen LogP contribution in [0, 0.1) is 0 Å². The maximum atomic E-state index is 12.0. The molecule has 1 aliphatic rings. The molecule has 1 aromatic heterocycles. The van der Waals surface area contributed by atoms with E-state index in [1.54, 1.807) is 55.5 Å². The Morgan fingerprint density at radius 2 is 2.08 bits per heavy atom. The van der Waals surface area contributed by atoms with E-state index in [1.165, 1.54) is 24.1 Å². The molecule has 10 heteroatoms. The average molecular weight is 514 g/mol. The van der Waals surface area contributed by atoms with E-state index < -0.39 is 6.04 Å². The van der Waals surface area contributed by atoms with Crippen molar-refractivity contribution in [2.24, 2.45) is 4.99 Å². The Morgan fingerprint density at radius 1 is 1.31 bits per heavy atom. The standard InChI is InChI=1S/C26H35N5O4S/c1-19(30(3)20(16-32)10-11-25(34)27-2)29-23-8-7-9-24(22(23)17-33)35-18-26-28-14-21(36-26)15-31-12-5-4-6-13-31/h7-9,14,16-17,20H,4-6,10-13,15,18H2,1-3H3,(H,27,34). The van der Waals surface area contributed by atoms with Crippen LogP contribution in [0.2, 0.25) is 0 Å². The number of rotatable bonds is 12. The maximum absolute atomic E-state index is 12.0. The monoisotopic (exact) mass is 513 g/mol. The third-order valence-corrected chi connectivity index (χ3v) is 7.29. The third kappa shape index (κ3) is 7.69. The van der Waals surface area contributed by atoms with Crippen molar-refractivity contribution in [1.82, 2.24) is 20.1 Å². The molecule has 0 bridgehead atoms. The Kier molecular flexibility index (Phi) is 10.6. The van der Waals surface area contributed by atoms with Crippen molar-refractivity contribution < 1.29 is 19.1 Å². The minimum Gasteiger partial charge on any atom is -0.486 e. The molecule has 3 rings (SSSR count). The van der Waals surface area contributed by atoms with Crippen LogP contribution in [-0.2, 0) is 22.7 Å². The number of benzene rings is 1. The van der Waals surface area contributed by atoms with E-state index in [4.69, 9.17) is 4.74 Å². The van der Waals surface area contributed by atoms with Crippen LogP contribution in [0.3, 0.4) is 0 Å². The summed E-state index contributed by atoms with van der Waals surface area (Å²) >= 11 is 1.63. The van der Waals surface area contributed by atoms with Gasteiger partial charge in [-0.25, -0.2) is 9.98 Å². The molecule has 1 aliphatic heterocycles. The predicted molar refractivity (Wildman–Crippen MR) is 141 cm³/mol. The summed E-state index contributed by atoms with van der Waals surface area (Å²) in [5.41, 5.74) is 0.788. The molecule has 2 aromatic rings. The van der Waals surface area contributed by atoms with Gasteiger partial charge in [-0.05, 0) is 51.4 Å². The van der Waals surface area contributed by atoms with Crippen LogP contribution in [0.4, 0.5) is 5.69 Å². The molecule has 0 aliphatic carbocycles. The van der Waals surface area contributed by atoms with Gasteiger partial charge in [-0.1, -0.05) is 12.5 Å². The predicted octanol–water partition coefficient (Wildman–Crippen LogP) is 3.60. The molecule has 1 N–H and O–H groups in total. The van der Waals surface area contributed by atoms with Gasteiger partial charge in [0.1, 0.15) is 29.5 Å². The summed E-state index contributed by atoms with van der Waals surface area (Å²) < 4.78 is 5.97. The van der Waals surface area contributed by atoms with Gasteiger partial charge in [-0.15, -0.1) is 11.3 Å². The second kappa shape index (κ2) is 13.8. The van der Waals surface area contributed by atoms with Crippen LogP contribution >= 0.6 is 11.3 Å². The smallest absolute Gasteiger partial charge is 0.219 e. The lowest BCUT2D eigenvalue weighted by Crippen LogP contribution is -2.37. The van der Waals surface area contributed by atoms with E-state index in [2.05, 4.69) is 20.2 Å². The fourth-order valence-electron chi connectivity index (χ4n) is 4.09. The number of hydrogen-bond acceptors (Lipinski definition) is 8. The molecule has 0 spiro atoms. The Morgan fingerprint density at radius 3 is 2.78 bits per heavy atom. The van der Waals surface area contributed by atoms with Gasteiger partial charge in [0.25, 0.3) is 0 Å². The maximum Gasteiger partial charge on any atom is 0.219 e. The third-order valence-electron chi connectivity index (χ3n) is 6.33. The van der Waals surface area contributed by atoms with Crippen LogP contribution in [0.15, 0.2) is 29.4 Å². The number of aliphatic imine (C=N–C) groups is 1.